The molecule has 0 aliphatic rings. The lowest BCUT2D eigenvalue weighted by Crippen LogP contribution is -2.33. The van der Waals surface area contributed by atoms with E-state index in [1.807, 2.05) is 12.1 Å². The van der Waals surface area contributed by atoms with Gasteiger partial charge in [-0.3, -0.25) is 0 Å². The number of benzene rings is 2. The molecule has 0 aliphatic heterocycles. The van der Waals surface area contributed by atoms with Crippen molar-refractivity contribution in [3.05, 3.63) is 71.8 Å². The van der Waals surface area contributed by atoms with Gasteiger partial charge in [0.05, 0.1) is 0 Å². The quantitative estimate of drug-likeness (QED) is 0.322. The SMILES string of the molecule is CN(OC(=O)OC(=O)ON(C)C(=S)c1ccccc1)C(=S)c1ccccc1. The first-order chi connectivity index (χ1) is 12.9. The molecule has 0 atom stereocenters. The Morgan fingerprint density at radius 2 is 1.04 bits per heavy atom. The summed E-state index contributed by atoms with van der Waals surface area (Å²) in [5.74, 6) is 0. The molecule has 0 bridgehead atoms. The van der Waals surface area contributed by atoms with Crippen LogP contribution >= 0.6 is 24.4 Å². The molecular weight excluding hydrogens is 388 g/mol. The van der Waals surface area contributed by atoms with Gasteiger partial charge in [-0.1, -0.05) is 85.1 Å². The molecule has 0 heterocycles. The van der Waals surface area contributed by atoms with E-state index in [9.17, 15) is 9.59 Å². The Morgan fingerprint density at radius 1 is 0.704 bits per heavy atom. The maximum atomic E-state index is 11.7. The lowest BCUT2D eigenvalue weighted by Gasteiger charge is -2.19. The first-order valence-electron chi connectivity index (χ1n) is 7.66. The summed E-state index contributed by atoms with van der Waals surface area (Å²) in [4.78, 5) is 33.6. The minimum absolute atomic E-state index is 0.239. The van der Waals surface area contributed by atoms with Gasteiger partial charge in [0, 0.05) is 25.2 Å². The van der Waals surface area contributed by atoms with Crippen LogP contribution in [-0.2, 0) is 14.4 Å². The van der Waals surface area contributed by atoms with E-state index < -0.39 is 12.3 Å². The zero-order valence-corrected chi connectivity index (χ0v) is 16.2. The van der Waals surface area contributed by atoms with Gasteiger partial charge in [-0.05, 0) is 0 Å². The van der Waals surface area contributed by atoms with Crippen molar-refractivity contribution in [3.8, 4) is 0 Å². The van der Waals surface area contributed by atoms with E-state index >= 15 is 0 Å². The van der Waals surface area contributed by atoms with E-state index in [1.165, 1.54) is 14.1 Å². The largest absolute Gasteiger partial charge is 0.543 e. The molecule has 2 rings (SSSR count). The van der Waals surface area contributed by atoms with E-state index in [2.05, 4.69) is 4.74 Å². The first kappa shape index (κ1) is 20.3. The second-order valence-corrected chi connectivity index (χ2v) is 5.90. The predicted octanol–water partition coefficient (Wildman–Crippen LogP) is 3.72. The maximum absolute atomic E-state index is 11.7. The van der Waals surface area contributed by atoms with Crippen LogP contribution in [0.25, 0.3) is 0 Å². The van der Waals surface area contributed by atoms with Crippen LogP contribution in [0, 0.1) is 0 Å². The highest BCUT2D eigenvalue weighted by molar-refractivity contribution is 7.80. The van der Waals surface area contributed by atoms with Crippen LogP contribution in [-0.4, -0.2) is 46.5 Å². The summed E-state index contributed by atoms with van der Waals surface area (Å²) in [5.41, 5.74) is 1.33. The Hall–Kier alpha value is -3.04. The molecule has 2 aromatic carbocycles. The smallest absolute Gasteiger partial charge is 0.324 e. The van der Waals surface area contributed by atoms with Crippen LogP contribution in [0.3, 0.4) is 0 Å². The molecule has 0 aliphatic carbocycles. The molecule has 0 saturated heterocycles. The second-order valence-electron chi connectivity index (χ2n) is 5.12. The first-order valence-corrected chi connectivity index (χ1v) is 8.48. The van der Waals surface area contributed by atoms with Crippen LogP contribution in [0.15, 0.2) is 60.7 Å². The predicted molar refractivity (Wildman–Crippen MR) is 106 cm³/mol. The lowest BCUT2D eigenvalue weighted by molar-refractivity contribution is -0.0813. The molecule has 0 radical (unpaired) electrons. The molecule has 0 saturated carbocycles. The third-order valence-corrected chi connectivity index (χ3v) is 4.19. The Morgan fingerprint density at radius 3 is 1.37 bits per heavy atom. The average molecular weight is 404 g/mol. The highest BCUT2D eigenvalue weighted by atomic mass is 32.1. The standard InChI is InChI=1S/C18H16N2O5S2/c1-19(15(26)13-9-5-3-6-10-13)24-17(21)23-18(22)25-20(2)16(27)14-11-7-4-8-12-14/h3-12H,1-2H3. The highest BCUT2D eigenvalue weighted by Crippen LogP contribution is 2.08. The summed E-state index contributed by atoms with van der Waals surface area (Å²) in [6.45, 7) is 0. The summed E-state index contributed by atoms with van der Waals surface area (Å²) in [5, 5.41) is 2.02. The molecule has 2 aromatic rings. The Balaban J connectivity index is 1.83. The molecule has 9 heteroatoms. The van der Waals surface area contributed by atoms with E-state index in [0.717, 1.165) is 10.1 Å². The monoisotopic (exact) mass is 404 g/mol. The molecule has 27 heavy (non-hydrogen) atoms. The molecular formula is C18H16N2O5S2. The van der Waals surface area contributed by atoms with Crippen LogP contribution < -0.4 is 0 Å². The normalized spacial score (nSPS) is 9.70. The average Bonchev–Trinajstić information content (AvgIpc) is 2.67. The van der Waals surface area contributed by atoms with Crippen molar-refractivity contribution in [2.45, 2.75) is 0 Å². The second kappa shape index (κ2) is 9.60. The van der Waals surface area contributed by atoms with Gasteiger partial charge in [0.2, 0.25) is 0 Å². The Kier molecular flexibility index (Phi) is 7.21. The number of ether oxygens (including phenoxy) is 1. The molecule has 0 amide bonds. The van der Waals surface area contributed by atoms with Crippen molar-refractivity contribution >= 4 is 46.7 Å². The third-order valence-electron chi connectivity index (χ3n) is 3.20. The van der Waals surface area contributed by atoms with E-state index in [1.54, 1.807) is 48.5 Å². The van der Waals surface area contributed by atoms with Crippen molar-refractivity contribution in [1.29, 1.82) is 0 Å². The number of hydrogen-bond acceptors (Lipinski definition) is 7. The number of thiocarbonyl (C=S) groups is 2. The molecule has 0 fully saturated rings. The molecule has 0 N–H and O–H groups in total. The van der Waals surface area contributed by atoms with Gasteiger partial charge in [-0.15, -0.1) is 0 Å². The summed E-state index contributed by atoms with van der Waals surface area (Å²) >= 11 is 10.4. The van der Waals surface area contributed by atoms with Crippen LogP contribution in [0.2, 0.25) is 0 Å². The third kappa shape index (κ3) is 6.01. The number of hydrogen-bond donors (Lipinski definition) is 0. The number of nitrogens with zero attached hydrogens (tertiary/aromatic N) is 2. The fourth-order valence-corrected chi connectivity index (χ4v) is 2.28. The highest BCUT2D eigenvalue weighted by Gasteiger charge is 2.21. The number of hydroxylamine groups is 4. The summed E-state index contributed by atoms with van der Waals surface area (Å²) in [7, 11) is 2.83. The number of carbonyl (C=O) groups excluding carboxylic acids is 2. The molecule has 0 spiro atoms. The lowest BCUT2D eigenvalue weighted by atomic mass is 10.2. The van der Waals surface area contributed by atoms with Crippen molar-refractivity contribution in [3.63, 3.8) is 0 Å². The van der Waals surface area contributed by atoms with Crippen molar-refractivity contribution < 1.29 is 24.0 Å². The van der Waals surface area contributed by atoms with Gasteiger partial charge in [-0.2, -0.15) is 10.1 Å². The van der Waals surface area contributed by atoms with Crippen molar-refractivity contribution in [2.24, 2.45) is 0 Å². The number of rotatable bonds is 2. The van der Waals surface area contributed by atoms with E-state index in [4.69, 9.17) is 34.1 Å². The summed E-state index contributed by atoms with van der Waals surface area (Å²) in [6, 6.07) is 17.8. The van der Waals surface area contributed by atoms with Gasteiger partial charge in [0.25, 0.3) is 0 Å². The Bertz CT molecular complexity index is 761. The van der Waals surface area contributed by atoms with Gasteiger partial charge >= 0.3 is 12.3 Å². The molecule has 0 aromatic heterocycles. The zero-order chi connectivity index (χ0) is 19.8. The van der Waals surface area contributed by atoms with Gasteiger partial charge < -0.3 is 14.4 Å². The topological polar surface area (TPSA) is 68.3 Å². The van der Waals surface area contributed by atoms with Gasteiger partial charge in [0.15, 0.2) is 0 Å². The summed E-state index contributed by atoms with van der Waals surface area (Å²) in [6.07, 6.45) is -2.58. The fourth-order valence-electron chi connectivity index (χ4n) is 1.94. The van der Waals surface area contributed by atoms with Crippen molar-refractivity contribution in [2.75, 3.05) is 14.1 Å². The minimum atomic E-state index is -1.29. The van der Waals surface area contributed by atoms with Crippen LogP contribution in [0.5, 0.6) is 0 Å². The van der Waals surface area contributed by atoms with E-state index in [-0.39, 0.29) is 9.98 Å². The minimum Gasteiger partial charge on any atom is -0.324 e. The van der Waals surface area contributed by atoms with E-state index in [0.29, 0.717) is 11.1 Å². The molecule has 7 nitrogen and oxygen atoms in total. The van der Waals surface area contributed by atoms with Gasteiger partial charge in [-0.25, -0.2) is 9.59 Å². The summed E-state index contributed by atoms with van der Waals surface area (Å²) < 4.78 is 4.44. The van der Waals surface area contributed by atoms with Crippen molar-refractivity contribution in [1.82, 2.24) is 10.1 Å². The van der Waals surface area contributed by atoms with Crippen LogP contribution in [0.4, 0.5) is 9.59 Å². The maximum Gasteiger partial charge on any atom is 0.543 e. The number of carbonyl (C=O) groups is 2. The Labute approximate surface area is 166 Å². The fraction of sp³-hybridized carbons (Fsp3) is 0.111. The van der Waals surface area contributed by atoms with Gasteiger partial charge in [0.1, 0.15) is 9.98 Å². The molecule has 140 valence electrons. The van der Waals surface area contributed by atoms with Crippen LogP contribution in [0.1, 0.15) is 11.1 Å². The zero-order valence-electron chi connectivity index (χ0n) is 14.5. The molecule has 0 unspecified atom stereocenters.